The van der Waals surface area contributed by atoms with E-state index in [0.717, 1.165) is 12.0 Å². The monoisotopic (exact) mass is 450 g/mol. The van der Waals surface area contributed by atoms with Crippen LogP contribution in [0.2, 0.25) is 0 Å². The summed E-state index contributed by atoms with van der Waals surface area (Å²) in [4.78, 5) is 38.4. The molecule has 33 heavy (non-hydrogen) atoms. The van der Waals surface area contributed by atoms with Crippen molar-refractivity contribution in [1.29, 1.82) is 0 Å². The molecular weight excluding hydrogens is 420 g/mol. The number of ether oxygens (including phenoxy) is 1. The van der Waals surface area contributed by atoms with Gasteiger partial charge in [0.25, 0.3) is 5.91 Å². The molecule has 0 spiro atoms. The van der Waals surface area contributed by atoms with E-state index in [9.17, 15) is 19.5 Å². The number of hydrogen-bond donors (Lipinski definition) is 3. The molecule has 1 heterocycles. The van der Waals surface area contributed by atoms with E-state index in [1.54, 1.807) is 24.3 Å². The van der Waals surface area contributed by atoms with Gasteiger partial charge in [0.2, 0.25) is 5.91 Å². The van der Waals surface area contributed by atoms with Crippen LogP contribution in [0.15, 0.2) is 48.5 Å². The number of carbonyl (C=O) groups excluding carboxylic acids is 3. The van der Waals surface area contributed by atoms with Gasteiger partial charge in [-0.15, -0.1) is 0 Å². The zero-order valence-electron chi connectivity index (χ0n) is 19.0. The number of amides is 2. The third kappa shape index (κ3) is 4.64. The number of benzene rings is 2. The highest BCUT2D eigenvalue weighted by molar-refractivity contribution is 5.99. The number of phenols is 1. The molecule has 0 aromatic heterocycles. The SMILES string of the molecule is CC(C)c1ccc(C(=O)NCCC(=O)NC23CCCC2OC(c2cccc(O)c2)C3=O)cc1. The Morgan fingerprint density at radius 1 is 1.18 bits per heavy atom. The van der Waals surface area contributed by atoms with Gasteiger partial charge in [0.15, 0.2) is 5.78 Å². The van der Waals surface area contributed by atoms with Crippen LogP contribution in [0, 0.1) is 0 Å². The van der Waals surface area contributed by atoms with Crippen molar-refractivity contribution in [3.05, 3.63) is 65.2 Å². The molecule has 2 aliphatic rings. The molecule has 2 aromatic carbocycles. The number of carbonyl (C=O) groups is 3. The summed E-state index contributed by atoms with van der Waals surface area (Å²) in [5.74, 6) is -0.268. The maximum atomic E-state index is 13.3. The van der Waals surface area contributed by atoms with E-state index in [-0.39, 0.29) is 36.3 Å². The molecule has 3 atom stereocenters. The molecule has 4 rings (SSSR count). The maximum absolute atomic E-state index is 13.3. The number of aromatic hydroxyl groups is 1. The van der Waals surface area contributed by atoms with E-state index in [2.05, 4.69) is 24.5 Å². The van der Waals surface area contributed by atoms with Crippen molar-refractivity contribution in [2.24, 2.45) is 0 Å². The Bertz CT molecular complexity index is 1050. The van der Waals surface area contributed by atoms with Crippen LogP contribution < -0.4 is 10.6 Å². The smallest absolute Gasteiger partial charge is 0.251 e. The number of phenolic OH excluding ortho intramolecular Hbond substituents is 1. The second kappa shape index (κ2) is 9.35. The largest absolute Gasteiger partial charge is 0.508 e. The predicted octanol–water partition coefficient (Wildman–Crippen LogP) is 3.38. The highest BCUT2D eigenvalue weighted by Crippen LogP contribution is 2.46. The maximum Gasteiger partial charge on any atom is 0.251 e. The topological polar surface area (TPSA) is 105 Å². The average molecular weight is 451 g/mol. The highest BCUT2D eigenvalue weighted by atomic mass is 16.5. The normalized spacial score (nSPS) is 24.0. The number of Topliss-reactive ketones (excluding diaryl/α,β-unsaturated/α-hetero) is 1. The standard InChI is InChI=1S/C26H30N2O5/c1-16(2)17-8-10-18(11-9-17)25(32)27-14-12-22(30)28-26-13-4-7-21(26)33-23(24(26)31)19-5-3-6-20(29)15-19/h3,5-6,8-11,15-16,21,23,29H,4,7,12-14H2,1-2H3,(H,27,32)(H,28,30). The molecule has 2 amide bonds. The zero-order valence-corrected chi connectivity index (χ0v) is 19.0. The van der Waals surface area contributed by atoms with Crippen molar-refractivity contribution in [2.45, 2.75) is 63.2 Å². The summed E-state index contributed by atoms with van der Waals surface area (Å²) in [6, 6.07) is 13.9. The number of nitrogens with one attached hydrogen (secondary N) is 2. The van der Waals surface area contributed by atoms with E-state index >= 15 is 0 Å². The summed E-state index contributed by atoms with van der Waals surface area (Å²) in [5, 5.41) is 15.5. The van der Waals surface area contributed by atoms with Gasteiger partial charge in [0, 0.05) is 18.5 Å². The number of fused-ring (bicyclic) bond motifs is 1. The highest BCUT2D eigenvalue weighted by Gasteiger charge is 2.59. The van der Waals surface area contributed by atoms with Crippen LogP contribution in [0.1, 0.15) is 73.0 Å². The number of ketones is 1. The molecule has 0 bridgehead atoms. The first-order valence-electron chi connectivity index (χ1n) is 11.5. The summed E-state index contributed by atoms with van der Waals surface area (Å²) >= 11 is 0. The predicted molar refractivity (Wildman–Crippen MR) is 123 cm³/mol. The lowest BCUT2D eigenvalue weighted by Gasteiger charge is -2.27. The van der Waals surface area contributed by atoms with Gasteiger partial charge < -0.3 is 20.5 Å². The fraction of sp³-hybridized carbons (Fsp3) is 0.423. The lowest BCUT2D eigenvalue weighted by atomic mass is 9.87. The number of hydrogen-bond acceptors (Lipinski definition) is 5. The Labute approximate surface area is 193 Å². The molecule has 1 aliphatic carbocycles. The van der Waals surface area contributed by atoms with Crippen LogP contribution in [0.3, 0.4) is 0 Å². The fourth-order valence-electron chi connectivity index (χ4n) is 4.74. The van der Waals surface area contributed by atoms with Gasteiger partial charge in [-0.05, 0) is 60.6 Å². The molecule has 1 saturated carbocycles. The average Bonchev–Trinajstić information content (AvgIpc) is 3.30. The molecule has 1 saturated heterocycles. The van der Waals surface area contributed by atoms with E-state index in [1.165, 1.54) is 12.1 Å². The molecule has 2 aromatic rings. The van der Waals surface area contributed by atoms with Gasteiger partial charge in [0.1, 0.15) is 17.4 Å². The Morgan fingerprint density at radius 3 is 2.64 bits per heavy atom. The van der Waals surface area contributed by atoms with Crippen molar-refractivity contribution in [3.8, 4) is 5.75 Å². The molecule has 3 unspecified atom stereocenters. The molecule has 7 nitrogen and oxygen atoms in total. The molecule has 1 aliphatic heterocycles. The Hall–Kier alpha value is -3.19. The Morgan fingerprint density at radius 2 is 1.94 bits per heavy atom. The van der Waals surface area contributed by atoms with E-state index < -0.39 is 17.7 Å². The van der Waals surface area contributed by atoms with Crippen molar-refractivity contribution in [3.63, 3.8) is 0 Å². The van der Waals surface area contributed by atoms with Gasteiger partial charge in [-0.3, -0.25) is 14.4 Å². The first kappa shape index (κ1) is 23.0. The second-order valence-corrected chi connectivity index (χ2v) is 9.16. The van der Waals surface area contributed by atoms with Crippen LogP contribution in [0.25, 0.3) is 0 Å². The minimum Gasteiger partial charge on any atom is -0.508 e. The molecule has 0 radical (unpaired) electrons. The summed E-state index contributed by atoms with van der Waals surface area (Å²) in [7, 11) is 0. The van der Waals surface area contributed by atoms with Gasteiger partial charge in [-0.1, -0.05) is 38.1 Å². The minimum atomic E-state index is -1.05. The van der Waals surface area contributed by atoms with E-state index in [1.807, 2.05) is 12.1 Å². The molecular formula is C26H30N2O5. The first-order chi connectivity index (χ1) is 15.8. The first-order valence-corrected chi connectivity index (χ1v) is 11.5. The summed E-state index contributed by atoms with van der Waals surface area (Å²) in [6.07, 6.45) is 0.851. The number of rotatable bonds is 7. The van der Waals surface area contributed by atoms with Gasteiger partial charge in [-0.25, -0.2) is 0 Å². The van der Waals surface area contributed by atoms with Crippen LogP contribution in [-0.4, -0.2) is 40.9 Å². The van der Waals surface area contributed by atoms with Gasteiger partial charge in [0.05, 0.1) is 6.10 Å². The van der Waals surface area contributed by atoms with Crippen molar-refractivity contribution < 1.29 is 24.2 Å². The Balaban J connectivity index is 1.34. The van der Waals surface area contributed by atoms with Gasteiger partial charge >= 0.3 is 0 Å². The van der Waals surface area contributed by atoms with Crippen molar-refractivity contribution in [2.75, 3.05) is 6.54 Å². The summed E-state index contributed by atoms with van der Waals surface area (Å²) in [6.45, 7) is 4.35. The van der Waals surface area contributed by atoms with Crippen LogP contribution in [0.4, 0.5) is 0 Å². The van der Waals surface area contributed by atoms with Crippen molar-refractivity contribution in [1.82, 2.24) is 10.6 Å². The van der Waals surface area contributed by atoms with Crippen molar-refractivity contribution >= 4 is 17.6 Å². The molecule has 2 fully saturated rings. The third-order valence-corrected chi connectivity index (χ3v) is 6.58. The molecule has 174 valence electrons. The van der Waals surface area contributed by atoms with Gasteiger partial charge in [-0.2, -0.15) is 0 Å². The minimum absolute atomic E-state index is 0.0635. The fourth-order valence-corrected chi connectivity index (χ4v) is 4.74. The summed E-state index contributed by atoms with van der Waals surface area (Å²) < 4.78 is 6.02. The van der Waals surface area contributed by atoms with E-state index in [0.29, 0.717) is 29.9 Å². The van der Waals surface area contributed by atoms with Crippen LogP contribution in [0.5, 0.6) is 5.75 Å². The zero-order chi connectivity index (χ0) is 23.6. The lowest BCUT2D eigenvalue weighted by Crippen LogP contribution is -2.56. The summed E-state index contributed by atoms with van der Waals surface area (Å²) in [5.41, 5.74) is 1.23. The molecule has 7 heteroatoms. The molecule has 3 N–H and O–H groups in total. The van der Waals surface area contributed by atoms with Crippen LogP contribution >= 0.6 is 0 Å². The van der Waals surface area contributed by atoms with Crippen LogP contribution in [-0.2, 0) is 14.3 Å². The second-order valence-electron chi connectivity index (χ2n) is 9.16. The Kier molecular flexibility index (Phi) is 6.51. The quantitative estimate of drug-likeness (QED) is 0.600. The third-order valence-electron chi connectivity index (χ3n) is 6.58. The lowest BCUT2D eigenvalue weighted by molar-refractivity contribution is -0.131. The van der Waals surface area contributed by atoms with E-state index in [4.69, 9.17) is 4.74 Å².